The summed E-state index contributed by atoms with van der Waals surface area (Å²) in [6.07, 6.45) is 0.492. The Hall–Kier alpha value is -0.896. The maximum absolute atomic E-state index is 8.59. The third-order valence-electron chi connectivity index (χ3n) is 2.37. The molecule has 1 rings (SSSR count). The molecule has 0 aliphatic heterocycles. The molecular weight excluding hydrogens is 287 g/mol. The standard InChI is InChI=1S/C13H15N3.Y/c1-12-4-6-13(7-5-12)16(10-3-8-14)11-9-15-2;/h4-7H,3,9-11H2,1H3;. The van der Waals surface area contributed by atoms with Crippen molar-refractivity contribution in [2.45, 2.75) is 13.3 Å². The molecule has 0 spiro atoms. The summed E-state index contributed by atoms with van der Waals surface area (Å²) in [5.74, 6) is 0. The van der Waals surface area contributed by atoms with Gasteiger partial charge in [0.1, 0.15) is 0 Å². The van der Waals surface area contributed by atoms with E-state index in [9.17, 15) is 0 Å². The Morgan fingerprint density at radius 3 is 2.47 bits per heavy atom. The van der Waals surface area contributed by atoms with Gasteiger partial charge in [-0.05, 0) is 19.1 Å². The summed E-state index contributed by atoms with van der Waals surface area (Å²) in [6.45, 7) is 10.7. The SMILES string of the molecule is [C-]#[N+]CCN(CCC#N)c1ccc(C)cc1.[Y]. The molecular formula is C13H15N3Y. The van der Waals surface area contributed by atoms with Gasteiger partial charge in [-0.15, -0.1) is 0 Å². The van der Waals surface area contributed by atoms with Gasteiger partial charge in [0.25, 0.3) is 0 Å². The average Bonchev–Trinajstić information content (AvgIpc) is 2.31. The zero-order chi connectivity index (χ0) is 11.8. The van der Waals surface area contributed by atoms with Crippen LogP contribution in [0.1, 0.15) is 12.0 Å². The first-order valence-corrected chi connectivity index (χ1v) is 5.29. The fourth-order valence-corrected chi connectivity index (χ4v) is 1.48. The molecule has 0 saturated heterocycles. The van der Waals surface area contributed by atoms with Crippen LogP contribution in [0.15, 0.2) is 24.3 Å². The molecule has 1 radical (unpaired) electrons. The molecule has 0 unspecified atom stereocenters. The molecule has 1 aromatic rings. The van der Waals surface area contributed by atoms with Gasteiger partial charge in [0.05, 0.1) is 19.0 Å². The van der Waals surface area contributed by atoms with Gasteiger partial charge in [0.15, 0.2) is 0 Å². The molecule has 0 saturated carbocycles. The van der Waals surface area contributed by atoms with Crippen molar-refractivity contribution in [3.63, 3.8) is 0 Å². The molecule has 0 bridgehead atoms. The first-order valence-electron chi connectivity index (χ1n) is 5.29. The minimum absolute atomic E-state index is 0. The number of aryl methyl sites for hydroxylation is 1. The molecule has 0 atom stereocenters. The predicted octanol–water partition coefficient (Wildman–Crippen LogP) is 2.63. The van der Waals surface area contributed by atoms with Crippen LogP contribution in [0, 0.1) is 24.8 Å². The second-order valence-electron chi connectivity index (χ2n) is 3.61. The summed E-state index contributed by atoms with van der Waals surface area (Å²) >= 11 is 0. The van der Waals surface area contributed by atoms with Crippen LogP contribution in [0.4, 0.5) is 5.69 Å². The van der Waals surface area contributed by atoms with E-state index in [2.05, 4.69) is 15.8 Å². The van der Waals surface area contributed by atoms with Crippen molar-refractivity contribution >= 4 is 5.69 Å². The molecule has 1 aromatic carbocycles. The summed E-state index contributed by atoms with van der Waals surface area (Å²) in [7, 11) is 0. The maximum Gasteiger partial charge on any atom is 0.231 e. The van der Waals surface area contributed by atoms with Crippen molar-refractivity contribution in [2.75, 3.05) is 24.5 Å². The number of hydrogen-bond donors (Lipinski definition) is 0. The molecule has 0 heterocycles. The maximum atomic E-state index is 8.59. The Morgan fingerprint density at radius 2 is 1.94 bits per heavy atom. The molecule has 4 heteroatoms. The van der Waals surface area contributed by atoms with Crippen molar-refractivity contribution in [2.24, 2.45) is 0 Å². The smallest absolute Gasteiger partial charge is 0.231 e. The van der Waals surface area contributed by atoms with Crippen molar-refractivity contribution < 1.29 is 32.7 Å². The van der Waals surface area contributed by atoms with Crippen LogP contribution in [-0.4, -0.2) is 19.6 Å². The largest absolute Gasteiger partial charge is 0.363 e. The zero-order valence-electron chi connectivity index (χ0n) is 10.1. The Morgan fingerprint density at radius 1 is 1.29 bits per heavy atom. The van der Waals surface area contributed by atoms with E-state index in [0.717, 1.165) is 5.69 Å². The topological polar surface area (TPSA) is 31.4 Å². The summed E-state index contributed by atoms with van der Waals surface area (Å²) in [5.41, 5.74) is 2.30. The summed E-state index contributed by atoms with van der Waals surface area (Å²) in [5, 5.41) is 8.59. The summed E-state index contributed by atoms with van der Waals surface area (Å²) in [6, 6.07) is 10.3. The van der Waals surface area contributed by atoms with E-state index < -0.39 is 0 Å². The van der Waals surface area contributed by atoms with E-state index >= 15 is 0 Å². The Kier molecular flexibility index (Phi) is 8.68. The quantitative estimate of drug-likeness (QED) is 0.783. The van der Waals surface area contributed by atoms with Gasteiger partial charge in [-0.3, -0.25) is 0 Å². The zero-order valence-corrected chi connectivity index (χ0v) is 12.9. The molecule has 85 valence electrons. The van der Waals surface area contributed by atoms with E-state index in [0.29, 0.717) is 26.1 Å². The van der Waals surface area contributed by atoms with Gasteiger partial charge in [-0.25, -0.2) is 6.57 Å². The minimum atomic E-state index is 0. The van der Waals surface area contributed by atoms with Crippen LogP contribution in [0.2, 0.25) is 0 Å². The third-order valence-corrected chi connectivity index (χ3v) is 2.37. The van der Waals surface area contributed by atoms with Crippen molar-refractivity contribution in [3.05, 3.63) is 41.2 Å². The molecule has 0 aromatic heterocycles. The van der Waals surface area contributed by atoms with Crippen LogP contribution in [-0.2, 0) is 32.7 Å². The fraction of sp³-hybridized carbons (Fsp3) is 0.385. The van der Waals surface area contributed by atoms with E-state index in [4.69, 9.17) is 11.8 Å². The van der Waals surface area contributed by atoms with Crippen LogP contribution in [0.3, 0.4) is 0 Å². The molecule has 0 aliphatic rings. The van der Waals surface area contributed by atoms with E-state index in [-0.39, 0.29) is 32.7 Å². The molecule has 3 nitrogen and oxygen atoms in total. The van der Waals surface area contributed by atoms with Crippen LogP contribution < -0.4 is 4.90 Å². The van der Waals surface area contributed by atoms with Gasteiger partial charge in [-0.1, -0.05) is 17.7 Å². The number of nitriles is 1. The second kappa shape index (κ2) is 9.17. The summed E-state index contributed by atoms with van der Waals surface area (Å²) in [4.78, 5) is 5.44. The van der Waals surface area contributed by atoms with Crippen molar-refractivity contribution in [1.82, 2.24) is 0 Å². The van der Waals surface area contributed by atoms with E-state index in [1.165, 1.54) is 5.56 Å². The number of anilines is 1. The molecule has 0 amide bonds. The molecule has 0 fully saturated rings. The van der Waals surface area contributed by atoms with Gasteiger partial charge in [0.2, 0.25) is 6.54 Å². The Balaban J connectivity index is 0.00000256. The van der Waals surface area contributed by atoms with Gasteiger partial charge >= 0.3 is 0 Å². The van der Waals surface area contributed by atoms with Gasteiger partial charge < -0.3 is 9.74 Å². The average molecular weight is 302 g/mol. The first kappa shape index (κ1) is 16.1. The number of hydrogen-bond acceptors (Lipinski definition) is 2. The van der Waals surface area contributed by atoms with E-state index in [1.807, 2.05) is 31.2 Å². The van der Waals surface area contributed by atoms with Crippen molar-refractivity contribution in [1.29, 1.82) is 5.26 Å². The van der Waals surface area contributed by atoms with Crippen LogP contribution in [0.25, 0.3) is 4.85 Å². The molecule has 0 N–H and O–H groups in total. The first-order chi connectivity index (χ1) is 7.77. The van der Waals surface area contributed by atoms with Crippen LogP contribution in [0.5, 0.6) is 0 Å². The van der Waals surface area contributed by atoms with E-state index in [1.54, 1.807) is 0 Å². The number of rotatable bonds is 5. The fourth-order valence-electron chi connectivity index (χ4n) is 1.48. The molecule has 0 aliphatic carbocycles. The third kappa shape index (κ3) is 5.82. The minimum Gasteiger partial charge on any atom is -0.363 e. The van der Waals surface area contributed by atoms with Crippen LogP contribution >= 0.6 is 0 Å². The predicted molar refractivity (Wildman–Crippen MR) is 65.1 cm³/mol. The number of nitrogens with zero attached hydrogens (tertiary/aromatic N) is 3. The second-order valence-corrected chi connectivity index (χ2v) is 3.61. The van der Waals surface area contributed by atoms with Crippen molar-refractivity contribution in [3.8, 4) is 6.07 Å². The Labute approximate surface area is 128 Å². The number of benzene rings is 1. The summed E-state index contributed by atoms with van der Waals surface area (Å²) < 4.78 is 0. The molecule has 17 heavy (non-hydrogen) atoms. The van der Waals surface area contributed by atoms with Gasteiger partial charge in [0, 0.05) is 44.9 Å². The van der Waals surface area contributed by atoms with Gasteiger partial charge in [-0.2, -0.15) is 5.26 Å². The Bertz CT molecular complexity index is 382. The normalized spacial score (nSPS) is 8.65. The monoisotopic (exact) mass is 302 g/mol.